The van der Waals surface area contributed by atoms with Crippen LogP contribution >= 0.6 is 11.8 Å². The number of ether oxygens (including phenoxy) is 1. The number of nitrogens with zero attached hydrogens (tertiary/aromatic N) is 3. The molecule has 23 heavy (non-hydrogen) atoms. The van der Waals surface area contributed by atoms with Crippen LogP contribution in [0.3, 0.4) is 0 Å². The zero-order chi connectivity index (χ0) is 16.5. The maximum atomic E-state index is 11.9. The van der Waals surface area contributed by atoms with Crippen LogP contribution in [-0.2, 0) is 11.8 Å². The number of rotatable bonds is 9. The van der Waals surface area contributed by atoms with Gasteiger partial charge in [0.05, 0.1) is 6.61 Å². The van der Waals surface area contributed by atoms with Crippen molar-refractivity contribution in [3.05, 3.63) is 30.6 Å². The third-order valence-electron chi connectivity index (χ3n) is 3.13. The van der Waals surface area contributed by atoms with Crippen LogP contribution in [-0.4, -0.2) is 33.0 Å². The fourth-order valence-corrected chi connectivity index (χ4v) is 2.66. The highest BCUT2D eigenvalue weighted by Gasteiger charge is 2.06. The van der Waals surface area contributed by atoms with E-state index in [1.54, 1.807) is 6.33 Å². The van der Waals surface area contributed by atoms with E-state index in [1.807, 2.05) is 35.9 Å². The molecule has 1 aromatic heterocycles. The lowest BCUT2D eigenvalue weighted by atomic mass is 10.3. The molecule has 0 spiro atoms. The molecule has 0 atom stereocenters. The molecular formula is C16H22N4O2S. The first-order chi connectivity index (χ1) is 11.2. The van der Waals surface area contributed by atoms with Gasteiger partial charge in [0.1, 0.15) is 12.1 Å². The van der Waals surface area contributed by atoms with Crippen LogP contribution in [0.5, 0.6) is 5.75 Å². The predicted molar refractivity (Wildman–Crippen MR) is 91.8 cm³/mol. The maximum absolute atomic E-state index is 11.9. The van der Waals surface area contributed by atoms with Crippen molar-refractivity contribution in [1.82, 2.24) is 14.8 Å². The normalized spacial score (nSPS) is 10.5. The number of carbonyl (C=O) groups excluding carboxylic acids is 1. The Morgan fingerprint density at radius 2 is 2.13 bits per heavy atom. The van der Waals surface area contributed by atoms with Crippen molar-refractivity contribution in [2.75, 3.05) is 17.7 Å². The molecule has 0 bridgehead atoms. The van der Waals surface area contributed by atoms with E-state index in [4.69, 9.17) is 4.74 Å². The van der Waals surface area contributed by atoms with Gasteiger partial charge in [-0.3, -0.25) is 4.79 Å². The van der Waals surface area contributed by atoms with Crippen LogP contribution in [0.1, 0.15) is 26.2 Å². The Morgan fingerprint density at radius 3 is 2.78 bits per heavy atom. The van der Waals surface area contributed by atoms with Gasteiger partial charge in [-0.1, -0.05) is 25.1 Å². The third-order valence-corrected chi connectivity index (χ3v) is 4.17. The summed E-state index contributed by atoms with van der Waals surface area (Å²) in [7, 11) is 1.88. The lowest BCUT2D eigenvalue weighted by molar-refractivity contribution is -0.115. The highest BCUT2D eigenvalue weighted by atomic mass is 32.2. The maximum Gasteiger partial charge on any atom is 0.225 e. The Morgan fingerprint density at radius 1 is 1.35 bits per heavy atom. The van der Waals surface area contributed by atoms with Gasteiger partial charge >= 0.3 is 0 Å². The molecule has 0 fully saturated rings. The average molecular weight is 334 g/mol. The summed E-state index contributed by atoms with van der Waals surface area (Å²) in [5.74, 6) is 1.48. The molecule has 1 heterocycles. The molecule has 1 amide bonds. The molecule has 124 valence electrons. The van der Waals surface area contributed by atoms with E-state index in [9.17, 15) is 4.79 Å². The van der Waals surface area contributed by atoms with Crippen LogP contribution in [0.2, 0.25) is 0 Å². The van der Waals surface area contributed by atoms with Gasteiger partial charge in [0.25, 0.3) is 0 Å². The summed E-state index contributed by atoms with van der Waals surface area (Å²) in [6.45, 7) is 2.85. The summed E-state index contributed by atoms with van der Waals surface area (Å²) < 4.78 is 7.43. The minimum atomic E-state index is -0.0145. The number of aromatic nitrogens is 3. The quantitative estimate of drug-likeness (QED) is 0.564. The van der Waals surface area contributed by atoms with E-state index >= 15 is 0 Å². The lowest BCUT2D eigenvalue weighted by Crippen LogP contribution is -2.12. The summed E-state index contributed by atoms with van der Waals surface area (Å²) >= 11 is 1.51. The molecule has 0 unspecified atom stereocenters. The number of unbranched alkanes of at least 4 members (excludes halogenated alkanes) is 1. The van der Waals surface area contributed by atoms with Gasteiger partial charge in [-0.15, -0.1) is 10.2 Å². The van der Waals surface area contributed by atoms with Gasteiger partial charge in [-0.25, -0.2) is 0 Å². The smallest absolute Gasteiger partial charge is 0.225 e. The van der Waals surface area contributed by atoms with Crippen molar-refractivity contribution in [1.29, 1.82) is 0 Å². The second-order valence-corrected chi connectivity index (χ2v) is 6.16. The molecule has 0 aliphatic rings. The molecule has 0 aliphatic carbocycles. The molecule has 7 heteroatoms. The monoisotopic (exact) mass is 334 g/mol. The predicted octanol–water partition coefficient (Wildman–Crippen LogP) is 3.11. The van der Waals surface area contributed by atoms with Crippen LogP contribution in [0, 0.1) is 0 Å². The number of amides is 1. The van der Waals surface area contributed by atoms with Crippen LogP contribution in [0.4, 0.5) is 5.69 Å². The second-order valence-electron chi connectivity index (χ2n) is 5.10. The van der Waals surface area contributed by atoms with Crippen LogP contribution < -0.4 is 10.1 Å². The van der Waals surface area contributed by atoms with E-state index in [0.29, 0.717) is 12.2 Å². The number of nitrogens with one attached hydrogen (secondary N) is 1. The van der Waals surface area contributed by atoms with E-state index in [2.05, 4.69) is 22.4 Å². The Balaban J connectivity index is 1.71. The SMILES string of the molecule is CCCCOc1ccc(NC(=O)CCSc2nncn2C)cc1. The van der Waals surface area contributed by atoms with Crippen molar-refractivity contribution in [3.8, 4) is 5.75 Å². The second kappa shape index (κ2) is 9.19. The van der Waals surface area contributed by atoms with Gasteiger partial charge in [-0.2, -0.15) is 0 Å². The summed E-state index contributed by atoms with van der Waals surface area (Å²) in [6, 6.07) is 7.46. The molecule has 0 aliphatic heterocycles. The highest BCUT2D eigenvalue weighted by molar-refractivity contribution is 7.99. The lowest BCUT2D eigenvalue weighted by Gasteiger charge is -2.08. The highest BCUT2D eigenvalue weighted by Crippen LogP contribution is 2.17. The molecule has 2 rings (SSSR count). The Bertz CT molecular complexity index is 613. The average Bonchev–Trinajstić information content (AvgIpc) is 2.95. The first-order valence-corrected chi connectivity index (χ1v) is 8.67. The van der Waals surface area contributed by atoms with Gasteiger partial charge in [0.15, 0.2) is 5.16 Å². The first-order valence-electron chi connectivity index (χ1n) is 7.68. The van der Waals surface area contributed by atoms with Gasteiger partial charge in [0, 0.05) is 24.9 Å². The molecular weight excluding hydrogens is 312 g/mol. The van der Waals surface area contributed by atoms with Crippen molar-refractivity contribution in [2.24, 2.45) is 7.05 Å². The Hall–Kier alpha value is -2.02. The van der Waals surface area contributed by atoms with Gasteiger partial charge in [-0.05, 0) is 30.7 Å². The largest absolute Gasteiger partial charge is 0.494 e. The summed E-state index contributed by atoms with van der Waals surface area (Å²) in [6.07, 6.45) is 4.22. The number of carbonyl (C=O) groups is 1. The summed E-state index contributed by atoms with van der Waals surface area (Å²) in [4.78, 5) is 11.9. The Labute approximate surface area is 140 Å². The molecule has 0 saturated carbocycles. The number of benzene rings is 1. The van der Waals surface area contributed by atoms with Crippen molar-refractivity contribution >= 4 is 23.4 Å². The van der Waals surface area contributed by atoms with Crippen LogP contribution in [0.15, 0.2) is 35.7 Å². The number of anilines is 1. The van der Waals surface area contributed by atoms with Crippen molar-refractivity contribution < 1.29 is 9.53 Å². The van der Waals surface area contributed by atoms with Crippen molar-refractivity contribution in [3.63, 3.8) is 0 Å². The molecule has 0 radical (unpaired) electrons. The zero-order valence-corrected chi connectivity index (χ0v) is 14.3. The number of aryl methyl sites for hydroxylation is 1. The van der Waals surface area contributed by atoms with E-state index in [0.717, 1.165) is 36.0 Å². The number of hydrogen-bond donors (Lipinski definition) is 1. The molecule has 6 nitrogen and oxygen atoms in total. The van der Waals surface area contributed by atoms with Gasteiger partial charge in [0.2, 0.25) is 5.91 Å². The van der Waals surface area contributed by atoms with Crippen molar-refractivity contribution in [2.45, 2.75) is 31.3 Å². The fourth-order valence-electron chi connectivity index (χ4n) is 1.83. The minimum absolute atomic E-state index is 0.0145. The third kappa shape index (κ3) is 5.94. The van der Waals surface area contributed by atoms with Crippen LogP contribution in [0.25, 0.3) is 0 Å². The standard InChI is InChI=1S/C16H22N4O2S/c1-3-4-10-22-14-7-5-13(6-8-14)18-15(21)9-11-23-16-19-17-12-20(16)2/h5-8,12H,3-4,9-11H2,1-2H3,(H,18,21). The number of thioether (sulfide) groups is 1. The topological polar surface area (TPSA) is 69.0 Å². The van der Waals surface area contributed by atoms with E-state index in [-0.39, 0.29) is 5.91 Å². The summed E-state index contributed by atoms with van der Waals surface area (Å²) in [5.41, 5.74) is 0.779. The Kier molecular flexibility index (Phi) is 6.93. The molecule has 2 aromatic rings. The molecule has 1 aromatic carbocycles. The molecule has 0 saturated heterocycles. The van der Waals surface area contributed by atoms with E-state index < -0.39 is 0 Å². The summed E-state index contributed by atoms with van der Waals surface area (Å²) in [5, 5.41) is 11.5. The number of hydrogen-bond acceptors (Lipinski definition) is 5. The fraction of sp³-hybridized carbons (Fsp3) is 0.438. The minimum Gasteiger partial charge on any atom is -0.494 e. The van der Waals surface area contributed by atoms with E-state index in [1.165, 1.54) is 11.8 Å². The molecule has 1 N–H and O–H groups in total. The van der Waals surface area contributed by atoms with Gasteiger partial charge < -0.3 is 14.6 Å². The first kappa shape index (κ1) is 17.3. The zero-order valence-electron chi connectivity index (χ0n) is 13.5.